The van der Waals surface area contributed by atoms with Gasteiger partial charge >= 0.3 is 0 Å². The van der Waals surface area contributed by atoms with E-state index in [1.165, 1.54) is 5.56 Å². The second kappa shape index (κ2) is 9.57. The molecule has 170 valence electrons. The van der Waals surface area contributed by atoms with Crippen LogP contribution in [0.5, 0.6) is 17.2 Å². The van der Waals surface area contributed by atoms with Crippen LogP contribution in [0.2, 0.25) is 0 Å². The average Bonchev–Trinajstić information content (AvgIpc) is 3.31. The largest absolute Gasteiger partial charge is 0.494 e. The van der Waals surface area contributed by atoms with E-state index < -0.39 is 0 Å². The van der Waals surface area contributed by atoms with E-state index in [1.54, 1.807) is 0 Å². The van der Waals surface area contributed by atoms with Gasteiger partial charge in [0.05, 0.1) is 25.0 Å². The number of hydrogen-bond donors (Lipinski definition) is 0. The molecule has 0 fully saturated rings. The number of hydrogen-bond acceptors (Lipinski definition) is 5. The van der Waals surface area contributed by atoms with Crippen molar-refractivity contribution in [2.45, 2.75) is 45.4 Å². The molecule has 3 aromatic rings. The van der Waals surface area contributed by atoms with Gasteiger partial charge < -0.3 is 14.2 Å². The topological polar surface area (TPSA) is 43.3 Å². The van der Waals surface area contributed by atoms with Crippen LogP contribution >= 0.6 is 0 Å². The molecular weight excluding hydrogens is 412 g/mol. The first-order valence-corrected chi connectivity index (χ1v) is 11.8. The summed E-state index contributed by atoms with van der Waals surface area (Å²) in [6.45, 7) is 5.56. The van der Waals surface area contributed by atoms with E-state index >= 15 is 0 Å². The second-order valence-electron chi connectivity index (χ2n) is 8.38. The molecule has 3 aromatic carbocycles. The Morgan fingerprint density at radius 2 is 1.64 bits per heavy atom. The summed E-state index contributed by atoms with van der Waals surface area (Å²) >= 11 is 0. The monoisotopic (exact) mass is 442 g/mol. The molecule has 0 amide bonds. The third kappa shape index (κ3) is 4.40. The van der Waals surface area contributed by atoms with Crippen molar-refractivity contribution in [3.8, 4) is 17.2 Å². The number of fused-ring (bicyclic) bond motifs is 3. The van der Waals surface area contributed by atoms with E-state index in [0.717, 1.165) is 60.0 Å². The highest BCUT2D eigenvalue weighted by Gasteiger charge is 2.40. The predicted molar refractivity (Wildman–Crippen MR) is 130 cm³/mol. The van der Waals surface area contributed by atoms with Gasteiger partial charge in [-0.2, -0.15) is 5.10 Å². The fourth-order valence-corrected chi connectivity index (χ4v) is 4.40. The summed E-state index contributed by atoms with van der Waals surface area (Å²) in [7, 11) is 0. The summed E-state index contributed by atoms with van der Waals surface area (Å²) in [4.78, 5) is 0. The zero-order chi connectivity index (χ0) is 22.6. The van der Waals surface area contributed by atoms with Crippen molar-refractivity contribution in [1.29, 1.82) is 0 Å². The van der Waals surface area contributed by atoms with E-state index in [0.29, 0.717) is 6.61 Å². The Hall–Kier alpha value is -3.47. The van der Waals surface area contributed by atoms with Gasteiger partial charge in [-0.3, -0.25) is 0 Å². The molecule has 0 radical (unpaired) electrons. The summed E-state index contributed by atoms with van der Waals surface area (Å²) in [5, 5.41) is 7.16. The molecule has 2 atom stereocenters. The first-order valence-electron chi connectivity index (χ1n) is 11.8. The quantitative estimate of drug-likeness (QED) is 0.373. The maximum absolute atomic E-state index is 6.46. The summed E-state index contributed by atoms with van der Waals surface area (Å²) in [6, 6.07) is 24.9. The molecule has 0 bridgehead atoms. The molecule has 0 saturated heterocycles. The van der Waals surface area contributed by atoms with Crippen LogP contribution in [-0.4, -0.2) is 23.9 Å². The van der Waals surface area contributed by atoms with Gasteiger partial charge in [-0.15, -0.1) is 0 Å². The minimum absolute atomic E-state index is 0.141. The molecule has 5 rings (SSSR count). The van der Waals surface area contributed by atoms with E-state index in [2.05, 4.69) is 54.4 Å². The second-order valence-corrected chi connectivity index (χ2v) is 8.38. The van der Waals surface area contributed by atoms with E-state index in [-0.39, 0.29) is 12.3 Å². The van der Waals surface area contributed by atoms with Crippen LogP contribution in [-0.2, 0) is 0 Å². The lowest BCUT2D eigenvalue weighted by Gasteiger charge is -2.38. The van der Waals surface area contributed by atoms with Crippen molar-refractivity contribution in [3.05, 3.63) is 89.5 Å². The minimum Gasteiger partial charge on any atom is -0.494 e. The third-order valence-electron chi connectivity index (χ3n) is 6.13. The van der Waals surface area contributed by atoms with Crippen molar-refractivity contribution in [3.63, 3.8) is 0 Å². The zero-order valence-corrected chi connectivity index (χ0v) is 19.2. The molecule has 0 unspecified atom stereocenters. The third-order valence-corrected chi connectivity index (χ3v) is 6.13. The number of nitrogens with zero attached hydrogens (tertiary/aromatic N) is 2. The number of unbranched alkanes of at least 4 members (excludes halogenated alkanes) is 1. The molecule has 0 N–H and O–H groups in total. The van der Waals surface area contributed by atoms with Gasteiger partial charge in [0.25, 0.3) is 0 Å². The lowest BCUT2D eigenvalue weighted by molar-refractivity contribution is -0.0190. The fourth-order valence-electron chi connectivity index (χ4n) is 4.40. The van der Waals surface area contributed by atoms with Crippen molar-refractivity contribution in [1.82, 2.24) is 5.01 Å². The molecule has 5 heteroatoms. The van der Waals surface area contributed by atoms with Crippen LogP contribution in [0.4, 0.5) is 0 Å². The maximum Gasteiger partial charge on any atom is 0.213 e. The number of benzene rings is 3. The Labute approximate surface area is 195 Å². The van der Waals surface area contributed by atoms with Gasteiger partial charge in [-0.25, -0.2) is 5.01 Å². The fraction of sp³-hybridized carbons (Fsp3) is 0.321. The van der Waals surface area contributed by atoms with Crippen molar-refractivity contribution < 1.29 is 14.2 Å². The molecule has 0 aromatic heterocycles. The SMILES string of the molecule is CCCCOc1ccc([C@H]2Oc3ccccc3[C@H]3CC(c4ccc(OCC)cc4)=NN32)cc1. The Bertz CT molecular complexity index is 1110. The average molecular weight is 443 g/mol. The summed E-state index contributed by atoms with van der Waals surface area (Å²) in [5.74, 6) is 2.69. The van der Waals surface area contributed by atoms with E-state index in [9.17, 15) is 0 Å². The van der Waals surface area contributed by atoms with Crippen LogP contribution in [0, 0.1) is 0 Å². The molecule has 0 spiro atoms. The van der Waals surface area contributed by atoms with Crippen LogP contribution in [0.3, 0.4) is 0 Å². The van der Waals surface area contributed by atoms with Crippen molar-refractivity contribution in [2.24, 2.45) is 5.10 Å². The van der Waals surface area contributed by atoms with Crippen LogP contribution < -0.4 is 14.2 Å². The minimum atomic E-state index is -0.283. The van der Waals surface area contributed by atoms with Gasteiger partial charge in [-0.05, 0) is 73.5 Å². The Morgan fingerprint density at radius 3 is 2.39 bits per heavy atom. The zero-order valence-electron chi connectivity index (χ0n) is 19.2. The van der Waals surface area contributed by atoms with Gasteiger partial charge in [0.15, 0.2) is 0 Å². The molecule has 2 heterocycles. The molecular formula is C28H30N2O3. The standard InChI is InChI=1S/C28H30N2O3/c1-3-5-18-32-23-16-12-21(13-17-23)28-30-26(24-8-6-7-9-27(24)33-28)19-25(29-30)20-10-14-22(15-11-20)31-4-2/h6-17,26,28H,3-5,18-19H2,1-2H3/t26-,28-/m1/s1. The number of para-hydroxylation sites is 1. The van der Waals surface area contributed by atoms with Crippen LogP contribution in [0.15, 0.2) is 77.9 Å². The molecule has 0 saturated carbocycles. The number of ether oxygens (including phenoxy) is 3. The normalized spacial score (nSPS) is 18.7. The molecule has 2 aliphatic heterocycles. The highest BCUT2D eigenvalue weighted by Crippen LogP contribution is 2.47. The van der Waals surface area contributed by atoms with E-state index in [4.69, 9.17) is 19.3 Å². The summed E-state index contributed by atoms with van der Waals surface area (Å²) in [5.41, 5.74) is 4.42. The van der Waals surface area contributed by atoms with Crippen LogP contribution in [0.25, 0.3) is 0 Å². The van der Waals surface area contributed by atoms with Gasteiger partial charge in [0, 0.05) is 17.5 Å². The lowest BCUT2D eigenvalue weighted by atomic mass is 9.96. The molecule has 0 aliphatic carbocycles. The van der Waals surface area contributed by atoms with Crippen LogP contribution in [0.1, 0.15) is 62.1 Å². The Morgan fingerprint density at radius 1 is 0.909 bits per heavy atom. The first kappa shape index (κ1) is 21.4. The first-order chi connectivity index (χ1) is 16.3. The Kier molecular flexibility index (Phi) is 6.20. The van der Waals surface area contributed by atoms with Gasteiger partial charge in [0.1, 0.15) is 17.2 Å². The molecule has 33 heavy (non-hydrogen) atoms. The smallest absolute Gasteiger partial charge is 0.213 e. The lowest BCUT2D eigenvalue weighted by Crippen LogP contribution is -2.33. The highest BCUT2D eigenvalue weighted by atomic mass is 16.5. The highest BCUT2D eigenvalue weighted by molar-refractivity contribution is 6.02. The summed E-state index contributed by atoms with van der Waals surface area (Å²) < 4.78 is 17.9. The number of hydrazone groups is 1. The van der Waals surface area contributed by atoms with Crippen molar-refractivity contribution >= 4 is 5.71 Å². The number of rotatable bonds is 8. The maximum atomic E-state index is 6.46. The molecule has 2 aliphatic rings. The van der Waals surface area contributed by atoms with Crippen molar-refractivity contribution in [2.75, 3.05) is 13.2 Å². The van der Waals surface area contributed by atoms with E-state index in [1.807, 2.05) is 37.3 Å². The predicted octanol–water partition coefficient (Wildman–Crippen LogP) is 6.51. The van der Waals surface area contributed by atoms with Gasteiger partial charge in [0.2, 0.25) is 6.23 Å². The summed E-state index contributed by atoms with van der Waals surface area (Å²) in [6.07, 6.45) is 2.74. The van der Waals surface area contributed by atoms with Gasteiger partial charge in [-0.1, -0.05) is 31.5 Å². The Balaban J connectivity index is 1.43. The molecule has 5 nitrogen and oxygen atoms in total.